The van der Waals surface area contributed by atoms with Crippen molar-refractivity contribution in [1.29, 1.82) is 0 Å². The molecule has 1 atom stereocenters. The van der Waals surface area contributed by atoms with Crippen LogP contribution in [-0.2, 0) is 6.18 Å². The highest BCUT2D eigenvalue weighted by Crippen LogP contribution is 2.33. The van der Waals surface area contributed by atoms with Gasteiger partial charge < -0.3 is 5.32 Å². The lowest BCUT2D eigenvalue weighted by molar-refractivity contribution is -0.138. The number of benzene rings is 1. The average Bonchev–Trinajstić information content (AvgIpc) is 2.58. The van der Waals surface area contributed by atoms with E-state index in [1.54, 1.807) is 13.8 Å². The van der Waals surface area contributed by atoms with Gasteiger partial charge in [-0.15, -0.1) is 0 Å². The normalized spacial score (nSPS) is 12.7. The first-order valence-corrected chi connectivity index (χ1v) is 8.22. The van der Waals surface area contributed by atoms with Gasteiger partial charge in [0.05, 0.1) is 22.2 Å². The number of halogens is 5. The molecule has 0 radical (unpaired) electrons. The maximum absolute atomic E-state index is 14.0. The number of aromatic nitrogens is 1. The molecule has 0 bridgehead atoms. The molecular formula is C18H15ClF4N2O2. The molecule has 0 saturated heterocycles. The van der Waals surface area contributed by atoms with Gasteiger partial charge in [-0.2, -0.15) is 13.2 Å². The standard InChI is InChI=1S/C18H15ClF4N2O2/c1-9(2)15(16(26)13-7-6-10(19)8-24-13)25-17(27)14-11(18(21,22)23)4-3-5-12(14)20/h3-9,15H,1-2H3,(H,25,27). The van der Waals surface area contributed by atoms with Gasteiger partial charge in [0, 0.05) is 6.20 Å². The van der Waals surface area contributed by atoms with Crippen LogP contribution in [0, 0.1) is 11.7 Å². The predicted molar refractivity (Wildman–Crippen MR) is 91.1 cm³/mol. The fraction of sp³-hybridized carbons (Fsp3) is 0.278. The van der Waals surface area contributed by atoms with Crippen LogP contribution < -0.4 is 5.32 Å². The minimum absolute atomic E-state index is 0.0250. The zero-order chi connectivity index (χ0) is 20.4. The molecule has 0 aliphatic heterocycles. The summed E-state index contributed by atoms with van der Waals surface area (Å²) in [6.45, 7) is 3.18. The van der Waals surface area contributed by atoms with Gasteiger partial charge in [-0.3, -0.25) is 14.6 Å². The first-order chi connectivity index (χ1) is 12.5. The van der Waals surface area contributed by atoms with Crippen LogP contribution in [0.4, 0.5) is 17.6 Å². The lowest BCUT2D eigenvalue weighted by Gasteiger charge is -2.22. The molecule has 0 aliphatic rings. The molecule has 4 nitrogen and oxygen atoms in total. The number of nitrogens with one attached hydrogen (secondary N) is 1. The number of ketones is 1. The van der Waals surface area contributed by atoms with E-state index in [9.17, 15) is 27.2 Å². The summed E-state index contributed by atoms with van der Waals surface area (Å²) in [6, 6.07) is 3.75. The highest BCUT2D eigenvalue weighted by molar-refractivity contribution is 6.30. The van der Waals surface area contributed by atoms with Gasteiger partial charge in [0.2, 0.25) is 5.78 Å². The van der Waals surface area contributed by atoms with Crippen LogP contribution in [0.3, 0.4) is 0 Å². The number of rotatable bonds is 5. The SMILES string of the molecule is CC(C)C(NC(=O)c1c(F)cccc1C(F)(F)F)C(=O)c1ccc(Cl)cn1. The van der Waals surface area contributed by atoms with Crippen LogP contribution in [-0.4, -0.2) is 22.7 Å². The second-order valence-corrected chi connectivity index (χ2v) is 6.52. The summed E-state index contributed by atoms with van der Waals surface area (Å²) in [4.78, 5) is 28.8. The van der Waals surface area contributed by atoms with Gasteiger partial charge in [0.15, 0.2) is 0 Å². The number of alkyl halides is 3. The molecule has 144 valence electrons. The summed E-state index contributed by atoms with van der Waals surface area (Å²) in [5.74, 6) is -3.77. The molecule has 1 unspecified atom stereocenters. The highest BCUT2D eigenvalue weighted by atomic mass is 35.5. The van der Waals surface area contributed by atoms with Crippen molar-refractivity contribution in [1.82, 2.24) is 10.3 Å². The Morgan fingerprint density at radius 2 is 1.81 bits per heavy atom. The molecule has 1 amide bonds. The van der Waals surface area contributed by atoms with Gasteiger partial charge in [-0.1, -0.05) is 31.5 Å². The van der Waals surface area contributed by atoms with E-state index in [1.165, 1.54) is 18.3 Å². The topological polar surface area (TPSA) is 59.1 Å². The number of amides is 1. The predicted octanol–water partition coefficient (Wildman–Crippen LogP) is 4.53. The van der Waals surface area contributed by atoms with Crippen LogP contribution in [0.15, 0.2) is 36.5 Å². The zero-order valence-corrected chi connectivity index (χ0v) is 15.0. The van der Waals surface area contributed by atoms with Crippen molar-refractivity contribution in [2.24, 2.45) is 5.92 Å². The lowest BCUT2D eigenvalue weighted by atomic mass is 9.96. The molecule has 0 spiro atoms. The Balaban J connectivity index is 2.37. The fourth-order valence-electron chi connectivity index (χ4n) is 2.42. The minimum Gasteiger partial charge on any atom is -0.341 e. The first kappa shape index (κ1) is 20.8. The number of carbonyl (C=O) groups is 2. The molecule has 1 N–H and O–H groups in total. The van der Waals surface area contributed by atoms with Crippen LogP contribution in [0.5, 0.6) is 0 Å². The quantitative estimate of drug-likeness (QED) is 0.590. The van der Waals surface area contributed by atoms with E-state index in [4.69, 9.17) is 11.6 Å². The van der Waals surface area contributed by atoms with Gasteiger partial charge >= 0.3 is 6.18 Å². The Morgan fingerprint density at radius 1 is 1.15 bits per heavy atom. The van der Waals surface area contributed by atoms with Crippen molar-refractivity contribution in [3.63, 3.8) is 0 Å². The first-order valence-electron chi connectivity index (χ1n) is 7.84. The van der Waals surface area contributed by atoms with Crippen LogP contribution in [0.2, 0.25) is 5.02 Å². The van der Waals surface area contributed by atoms with E-state index in [0.717, 1.165) is 12.1 Å². The smallest absolute Gasteiger partial charge is 0.341 e. The second kappa shape index (κ2) is 8.04. The Bertz CT molecular complexity index is 851. The minimum atomic E-state index is -4.93. The molecule has 9 heteroatoms. The lowest BCUT2D eigenvalue weighted by Crippen LogP contribution is -2.45. The number of carbonyl (C=O) groups excluding carboxylic acids is 2. The average molecular weight is 403 g/mol. The summed E-state index contributed by atoms with van der Waals surface area (Å²) in [7, 11) is 0. The molecule has 2 aromatic rings. The van der Waals surface area contributed by atoms with Gasteiger partial charge in [0.25, 0.3) is 5.91 Å². The third-order valence-electron chi connectivity index (χ3n) is 3.76. The Morgan fingerprint density at radius 3 is 2.33 bits per heavy atom. The highest BCUT2D eigenvalue weighted by Gasteiger charge is 2.38. The van der Waals surface area contributed by atoms with Crippen molar-refractivity contribution < 1.29 is 27.2 Å². The maximum atomic E-state index is 14.0. The van der Waals surface area contributed by atoms with Gasteiger partial charge in [-0.25, -0.2) is 4.39 Å². The molecular weight excluding hydrogens is 388 g/mol. The number of hydrogen-bond acceptors (Lipinski definition) is 3. The van der Waals surface area contributed by atoms with Gasteiger partial charge in [-0.05, 0) is 30.2 Å². The Labute approximate surface area is 157 Å². The summed E-state index contributed by atoms with van der Waals surface area (Å²) in [5, 5.41) is 2.49. The maximum Gasteiger partial charge on any atom is 0.417 e. The Hall–Kier alpha value is -2.48. The largest absolute Gasteiger partial charge is 0.417 e. The molecule has 0 fully saturated rings. The molecule has 1 aromatic heterocycles. The van der Waals surface area contributed by atoms with Crippen molar-refractivity contribution >= 4 is 23.3 Å². The summed E-state index contributed by atoms with van der Waals surface area (Å²) in [5.41, 5.74) is -2.60. The van der Waals surface area contributed by atoms with Crippen molar-refractivity contribution in [3.8, 4) is 0 Å². The van der Waals surface area contributed by atoms with Crippen molar-refractivity contribution in [2.45, 2.75) is 26.1 Å². The third-order valence-corrected chi connectivity index (χ3v) is 3.99. The molecule has 1 aromatic carbocycles. The zero-order valence-electron chi connectivity index (χ0n) is 14.3. The third kappa shape index (κ3) is 4.82. The monoisotopic (exact) mass is 402 g/mol. The number of Topliss-reactive ketones (excluding diaryl/α,β-unsaturated/α-hetero) is 1. The van der Waals surface area contributed by atoms with E-state index in [-0.39, 0.29) is 10.7 Å². The molecule has 1 heterocycles. The number of pyridine rings is 1. The van der Waals surface area contributed by atoms with E-state index in [0.29, 0.717) is 6.07 Å². The van der Waals surface area contributed by atoms with E-state index >= 15 is 0 Å². The fourth-order valence-corrected chi connectivity index (χ4v) is 2.53. The molecule has 2 rings (SSSR count). The molecule has 0 aliphatic carbocycles. The molecule has 27 heavy (non-hydrogen) atoms. The van der Waals surface area contributed by atoms with Gasteiger partial charge in [0.1, 0.15) is 11.5 Å². The number of hydrogen-bond donors (Lipinski definition) is 1. The van der Waals surface area contributed by atoms with Crippen LogP contribution in [0.25, 0.3) is 0 Å². The molecule has 0 saturated carbocycles. The van der Waals surface area contributed by atoms with Crippen LogP contribution in [0.1, 0.15) is 40.3 Å². The number of nitrogens with zero attached hydrogens (tertiary/aromatic N) is 1. The van der Waals surface area contributed by atoms with E-state index in [2.05, 4.69) is 10.3 Å². The Kier molecular flexibility index (Phi) is 6.20. The van der Waals surface area contributed by atoms with E-state index in [1.807, 2.05) is 0 Å². The summed E-state index contributed by atoms with van der Waals surface area (Å²) >= 11 is 5.71. The van der Waals surface area contributed by atoms with Crippen molar-refractivity contribution in [3.05, 3.63) is 64.2 Å². The van der Waals surface area contributed by atoms with Crippen molar-refractivity contribution in [2.75, 3.05) is 0 Å². The van der Waals surface area contributed by atoms with E-state index < -0.39 is 46.8 Å². The summed E-state index contributed by atoms with van der Waals surface area (Å²) in [6.07, 6.45) is -3.70. The second-order valence-electron chi connectivity index (χ2n) is 6.08. The summed E-state index contributed by atoms with van der Waals surface area (Å²) < 4.78 is 53.3. The van der Waals surface area contributed by atoms with Crippen LogP contribution >= 0.6 is 11.6 Å².